The highest BCUT2D eigenvalue weighted by atomic mass is 35.5. The summed E-state index contributed by atoms with van der Waals surface area (Å²) in [5.74, 6) is 0.132. The van der Waals surface area contributed by atoms with Crippen molar-refractivity contribution in [2.45, 2.75) is 32.1 Å². The Morgan fingerprint density at radius 2 is 2.17 bits per heavy atom. The fraction of sp³-hybridized carbons (Fsp3) is 0.667. The summed E-state index contributed by atoms with van der Waals surface area (Å²) in [6, 6.07) is 0. The Bertz CT molecular complexity index is 415. The third kappa shape index (κ3) is 3.36. The first-order valence-corrected chi connectivity index (χ1v) is 7.27. The lowest BCUT2D eigenvalue weighted by molar-refractivity contribution is 0.0606. The van der Waals surface area contributed by atoms with Gasteiger partial charge in [-0.2, -0.15) is 4.98 Å². The molecule has 0 aliphatic heterocycles. The van der Waals surface area contributed by atoms with E-state index in [1.165, 1.54) is 39.2 Å². The predicted octanol–water partition coefficient (Wildman–Crippen LogP) is 3.54. The fourth-order valence-corrected chi connectivity index (χ4v) is 3.16. The molecule has 0 radical (unpaired) electrons. The normalized spacial score (nSPS) is 16.6. The summed E-state index contributed by atoms with van der Waals surface area (Å²) in [6.07, 6.45) is 6.30. The Kier molecular flexibility index (Phi) is 4.83. The molecule has 0 unspecified atom stereocenters. The Morgan fingerprint density at radius 3 is 2.83 bits per heavy atom. The predicted molar refractivity (Wildman–Crippen MR) is 70.5 cm³/mol. The second kappa shape index (κ2) is 6.38. The first kappa shape index (κ1) is 13.6. The van der Waals surface area contributed by atoms with Gasteiger partial charge >= 0.3 is 5.97 Å². The lowest BCUT2D eigenvalue weighted by Crippen LogP contribution is -2.15. The maximum atomic E-state index is 11.4. The van der Waals surface area contributed by atoms with Crippen LogP contribution < -0.4 is 4.74 Å². The monoisotopic (exact) mass is 289 g/mol. The maximum Gasteiger partial charge on any atom is 0.351 e. The molecule has 0 bridgehead atoms. The number of nitrogens with zero attached hydrogens (tertiary/aromatic N) is 1. The molecule has 6 heteroatoms. The molecule has 0 aromatic carbocycles. The number of halogens is 1. The van der Waals surface area contributed by atoms with Crippen molar-refractivity contribution in [2.75, 3.05) is 13.7 Å². The van der Waals surface area contributed by atoms with Gasteiger partial charge in [-0.05, 0) is 18.8 Å². The number of rotatable bonds is 4. The smallest absolute Gasteiger partial charge is 0.351 e. The molecule has 0 atom stereocenters. The van der Waals surface area contributed by atoms with Crippen molar-refractivity contribution in [1.29, 1.82) is 0 Å². The standard InChI is InChI=1S/C12H16ClNO3S/c1-16-11(15)9-10(13)14-12(18-9)17-7-8-5-3-2-4-6-8/h8H,2-7H2,1H3. The van der Waals surface area contributed by atoms with Gasteiger partial charge in [-0.1, -0.05) is 42.2 Å². The molecule has 0 spiro atoms. The van der Waals surface area contributed by atoms with Gasteiger partial charge in [0, 0.05) is 0 Å². The molecular formula is C12H16ClNO3S. The van der Waals surface area contributed by atoms with E-state index in [0.717, 1.165) is 11.3 Å². The van der Waals surface area contributed by atoms with Crippen molar-refractivity contribution < 1.29 is 14.3 Å². The number of ether oxygens (including phenoxy) is 2. The van der Waals surface area contributed by atoms with Crippen molar-refractivity contribution in [3.63, 3.8) is 0 Å². The number of hydrogen-bond acceptors (Lipinski definition) is 5. The zero-order chi connectivity index (χ0) is 13.0. The molecule has 0 N–H and O–H groups in total. The molecule has 4 nitrogen and oxygen atoms in total. The minimum absolute atomic E-state index is 0.158. The average molecular weight is 290 g/mol. The van der Waals surface area contributed by atoms with Gasteiger partial charge in [0.05, 0.1) is 13.7 Å². The summed E-state index contributed by atoms with van der Waals surface area (Å²) in [6.45, 7) is 0.657. The molecule has 1 aromatic rings. The highest BCUT2D eigenvalue weighted by Gasteiger charge is 2.19. The summed E-state index contributed by atoms with van der Waals surface area (Å²) in [7, 11) is 1.32. The van der Waals surface area contributed by atoms with Crippen LogP contribution >= 0.6 is 22.9 Å². The van der Waals surface area contributed by atoms with Crippen LogP contribution in [0.2, 0.25) is 5.15 Å². The molecule has 1 saturated carbocycles. The molecule has 0 saturated heterocycles. The number of carbonyl (C=O) groups excluding carboxylic acids is 1. The highest BCUT2D eigenvalue weighted by Crippen LogP contribution is 2.31. The third-order valence-corrected chi connectivity index (χ3v) is 4.44. The van der Waals surface area contributed by atoms with Crippen molar-refractivity contribution >= 4 is 28.9 Å². The average Bonchev–Trinajstić information content (AvgIpc) is 2.78. The lowest BCUT2D eigenvalue weighted by atomic mass is 9.90. The van der Waals surface area contributed by atoms with Gasteiger partial charge in [0.15, 0.2) is 10.0 Å². The summed E-state index contributed by atoms with van der Waals surface area (Å²) >= 11 is 7.00. The highest BCUT2D eigenvalue weighted by molar-refractivity contribution is 7.15. The molecule has 0 amide bonds. The number of hydrogen-bond donors (Lipinski definition) is 0. The van der Waals surface area contributed by atoms with E-state index in [1.54, 1.807) is 0 Å². The molecule has 2 rings (SSSR count). The van der Waals surface area contributed by atoms with Crippen LogP contribution in [0.3, 0.4) is 0 Å². The van der Waals surface area contributed by atoms with E-state index in [1.807, 2.05) is 0 Å². The topological polar surface area (TPSA) is 48.4 Å². The van der Waals surface area contributed by atoms with Crippen LogP contribution in [0.4, 0.5) is 0 Å². The summed E-state index contributed by atoms with van der Waals surface area (Å²) in [5, 5.41) is 0.608. The zero-order valence-electron chi connectivity index (χ0n) is 10.3. The SMILES string of the molecule is COC(=O)c1sc(OCC2CCCCC2)nc1Cl. The number of carbonyl (C=O) groups is 1. The number of methoxy groups -OCH3 is 1. The van der Waals surface area contributed by atoms with E-state index in [0.29, 0.717) is 22.6 Å². The van der Waals surface area contributed by atoms with Gasteiger partial charge < -0.3 is 9.47 Å². The first-order chi connectivity index (χ1) is 8.70. The largest absolute Gasteiger partial charge is 0.470 e. The number of thiazole rings is 1. The second-order valence-electron chi connectivity index (χ2n) is 4.41. The third-order valence-electron chi connectivity index (χ3n) is 3.10. The molecule has 1 aliphatic rings. The van der Waals surface area contributed by atoms with Crippen molar-refractivity contribution in [3.05, 3.63) is 10.0 Å². The van der Waals surface area contributed by atoms with E-state index in [4.69, 9.17) is 16.3 Å². The summed E-state index contributed by atoms with van der Waals surface area (Å²) < 4.78 is 10.2. The first-order valence-electron chi connectivity index (χ1n) is 6.08. The minimum atomic E-state index is -0.468. The molecule has 1 aromatic heterocycles. The minimum Gasteiger partial charge on any atom is -0.470 e. The van der Waals surface area contributed by atoms with Crippen LogP contribution in [0.1, 0.15) is 41.8 Å². The lowest BCUT2D eigenvalue weighted by Gasteiger charge is -2.20. The van der Waals surface area contributed by atoms with Crippen molar-refractivity contribution in [3.8, 4) is 5.19 Å². The number of aromatic nitrogens is 1. The Balaban J connectivity index is 1.91. The van der Waals surface area contributed by atoms with E-state index in [2.05, 4.69) is 9.72 Å². The van der Waals surface area contributed by atoms with Gasteiger partial charge in [0.1, 0.15) is 0 Å². The Hall–Kier alpha value is -0.810. The maximum absolute atomic E-state index is 11.4. The van der Waals surface area contributed by atoms with E-state index in [-0.39, 0.29) is 5.15 Å². The van der Waals surface area contributed by atoms with E-state index < -0.39 is 5.97 Å². The molecule has 1 fully saturated rings. The molecule has 1 aliphatic carbocycles. The van der Waals surface area contributed by atoms with Crippen LogP contribution in [0.25, 0.3) is 0 Å². The Morgan fingerprint density at radius 1 is 1.44 bits per heavy atom. The van der Waals surface area contributed by atoms with Crippen LogP contribution in [-0.2, 0) is 4.74 Å². The van der Waals surface area contributed by atoms with Crippen LogP contribution in [0.5, 0.6) is 5.19 Å². The van der Waals surface area contributed by atoms with Crippen LogP contribution in [-0.4, -0.2) is 24.7 Å². The summed E-state index contributed by atoms with van der Waals surface area (Å²) in [5.41, 5.74) is 0. The fourth-order valence-electron chi connectivity index (χ4n) is 2.11. The Labute approximate surface area is 115 Å². The molecular weight excluding hydrogens is 274 g/mol. The van der Waals surface area contributed by atoms with Gasteiger partial charge in [-0.15, -0.1) is 0 Å². The van der Waals surface area contributed by atoms with Gasteiger partial charge in [-0.3, -0.25) is 0 Å². The quantitative estimate of drug-likeness (QED) is 0.796. The zero-order valence-corrected chi connectivity index (χ0v) is 11.9. The van der Waals surface area contributed by atoms with Crippen molar-refractivity contribution in [1.82, 2.24) is 4.98 Å². The van der Waals surface area contributed by atoms with E-state index in [9.17, 15) is 4.79 Å². The molecule has 1 heterocycles. The van der Waals surface area contributed by atoms with Gasteiger partial charge in [0.2, 0.25) is 0 Å². The van der Waals surface area contributed by atoms with Gasteiger partial charge in [0.25, 0.3) is 5.19 Å². The van der Waals surface area contributed by atoms with Crippen LogP contribution in [0, 0.1) is 5.92 Å². The van der Waals surface area contributed by atoms with Gasteiger partial charge in [-0.25, -0.2) is 4.79 Å². The van der Waals surface area contributed by atoms with Crippen molar-refractivity contribution in [2.24, 2.45) is 5.92 Å². The molecule has 100 valence electrons. The summed E-state index contributed by atoms with van der Waals surface area (Å²) in [4.78, 5) is 15.7. The van der Waals surface area contributed by atoms with Crippen LogP contribution in [0.15, 0.2) is 0 Å². The molecule has 18 heavy (non-hydrogen) atoms. The van der Waals surface area contributed by atoms with E-state index >= 15 is 0 Å². The second-order valence-corrected chi connectivity index (χ2v) is 5.73. The number of esters is 1.